The molecule has 0 saturated heterocycles. The number of hydrogen-bond donors (Lipinski definition) is 0. The van der Waals surface area contributed by atoms with Gasteiger partial charge in [-0.1, -0.05) is 44.9 Å². The SMILES string of the molecule is C#CC(CCCCCCCC)OS(C)(=O)=O. The molecule has 0 aromatic heterocycles. The molecule has 0 aromatic rings. The molecule has 0 spiro atoms. The van der Waals surface area contributed by atoms with E-state index in [-0.39, 0.29) is 0 Å². The number of rotatable bonds is 9. The van der Waals surface area contributed by atoms with Crippen LogP contribution in [-0.2, 0) is 14.3 Å². The quantitative estimate of drug-likeness (QED) is 0.357. The van der Waals surface area contributed by atoms with E-state index in [1.807, 2.05) is 0 Å². The highest BCUT2D eigenvalue weighted by atomic mass is 32.2. The van der Waals surface area contributed by atoms with Crippen molar-refractivity contribution in [3.8, 4) is 12.3 Å². The Kier molecular flexibility index (Phi) is 8.32. The predicted molar refractivity (Wildman–Crippen MR) is 66.5 cm³/mol. The third kappa shape index (κ3) is 10.0. The average molecular weight is 246 g/mol. The van der Waals surface area contributed by atoms with Crippen LogP contribution in [0.3, 0.4) is 0 Å². The van der Waals surface area contributed by atoms with E-state index in [4.69, 9.17) is 10.6 Å². The zero-order chi connectivity index (χ0) is 12.4. The zero-order valence-corrected chi connectivity index (χ0v) is 11.1. The van der Waals surface area contributed by atoms with Crippen molar-refractivity contribution < 1.29 is 12.6 Å². The molecule has 0 saturated carbocycles. The van der Waals surface area contributed by atoms with Gasteiger partial charge in [0, 0.05) is 0 Å². The molecule has 16 heavy (non-hydrogen) atoms. The number of unbranched alkanes of at least 4 members (excludes halogenated alkanes) is 5. The van der Waals surface area contributed by atoms with Crippen molar-refractivity contribution in [2.75, 3.05) is 6.26 Å². The van der Waals surface area contributed by atoms with Crippen molar-refractivity contribution in [3.05, 3.63) is 0 Å². The second-order valence-corrected chi connectivity index (χ2v) is 5.61. The first kappa shape index (κ1) is 15.5. The lowest BCUT2D eigenvalue weighted by Gasteiger charge is -2.09. The summed E-state index contributed by atoms with van der Waals surface area (Å²) in [7, 11) is -3.43. The zero-order valence-electron chi connectivity index (χ0n) is 10.2. The first-order chi connectivity index (χ1) is 7.49. The van der Waals surface area contributed by atoms with Crippen LogP contribution < -0.4 is 0 Å². The predicted octanol–water partition coefficient (Wildman–Crippen LogP) is 2.72. The molecule has 0 aliphatic rings. The van der Waals surface area contributed by atoms with E-state index in [9.17, 15) is 8.42 Å². The first-order valence-electron chi connectivity index (χ1n) is 5.84. The van der Waals surface area contributed by atoms with E-state index < -0.39 is 16.2 Å². The molecule has 0 aliphatic heterocycles. The van der Waals surface area contributed by atoms with Gasteiger partial charge in [-0.05, 0) is 12.8 Å². The van der Waals surface area contributed by atoms with Crippen molar-refractivity contribution in [1.82, 2.24) is 0 Å². The van der Waals surface area contributed by atoms with Crippen LogP contribution in [0.25, 0.3) is 0 Å². The fraction of sp³-hybridized carbons (Fsp3) is 0.833. The van der Waals surface area contributed by atoms with E-state index in [0.717, 1.165) is 19.1 Å². The summed E-state index contributed by atoms with van der Waals surface area (Å²) in [4.78, 5) is 0. The summed E-state index contributed by atoms with van der Waals surface area (Å²) in [5, 5.41) is 0. The highest BCUT2D eigenvalue weighted by molar-refractivity contribution is 7.86. The van der Waals surface area contributed by atoms with E-state index >= 15 is 0 Å². The Morgan fingerprint density at radius 2 is 1.75 bits per heavy atom. The lowest BCUT2D eigenvalue weighted by atomic mass is 10.1. The fourth-order valence-electron chi connectivity index (χ4n) is 1.48. The minimum absolute atomic E-state index is 0.596. The van der Waals surface area contributed by atoms with Gasteiger partial charge in [0.1, 0.15) is 6.10 Å². The van der Waals surface area contributed by atoms with Crippen molar-refractivity contribution in [2.24, 2.45) is 0 Å². The Hall–Kier alpha value is -0.530. The Morgan fingerprint density at radius 1 is 1.19 bits per heavy atom. The van der Waals surface area contributed by atoms with Gasteiger partial charge < -0.3 is 0 Å². The maximum Gasteiger partial charge on any atom is 0.265 e. The molecule has 0 fully saturated rings. The Balaban J connectivity index is 3.62. The Morgan fingerprint density at radius 3 is 2.25 bits per heavy atom. The molecule has 0 heterocycles. The van der Waals surface area contributed by atoms with Crippen molar-refractivity contribution in [1.29, 1.82) is 0 Å². The van der Waals surface area contributed by atoms with Gasteiger partial charge in [-0.15, -0.1) is 6.42 Å². The third-order valence-electron chi connectivity index (χ3n) is 2.30. The van der Waals surface area contributed by atoms with E-state index in [0.29, 0.717) is 6.42 Å². The summed E-state index contributed by atoms with van der Waals surface area (Å²) in [6.45, 7) is 2.17. The fourth-order valence-corrected chi connectivity index (χ4v) is 2.05. The standard InChI is InChI=1S/C12H22O3S/c1-4-6-7-8-9-10-11-12(5-2)15-16(3,13)14/h2,12H,4,6-11H2,1,3H3. The van der Waals surface area contributed by atoms with Gasteiger partial charge in [0.2, 0.25) is 0 Å². The maximum absolute atomic E-state index is 10.9. The van der Waals surface area contributed by atoms with Crippen molar-refractivity contribution in [2.45, 2.75) is 58.0 Å². The summed E-state index contributed by atoms with van der Waals surface area (Å²) < 4.78 is 26.5. The van der Waals surface area contributed by atoms with Gasteiger partial charge >= 0.3 is 0 Å². The lowest BCUT2D eigenvalue weighted by molar-refractivity contribution is 0.251. The summed E-state index contributed by atoms with van der Waals surface area (Å²) in [5.74, 6) is 2.36. The molecule has 94 valence electrons. The molecule has 3 nitrogen and oxygen atoms in total. The van der Waals surface area contributed by atoms with Crippen LogP contribution in [-0.4, -0.2) is 20.8 Å². The summed E-state index contributed by atoms with van der Waals surface area (Å²) in [6.07, 6.45) is 13.2. The molecular formula is C12H22O3S. The van der Waals surface area contributed by atoms with E-state index in [1.165, 1.54) is 25.7 Å². The highest BCUT2D eigenvalue weighted by Crippen LogP contribution is 2.11. The summed E-state index contributed by atoms with van der Waals surface area (Å²) >= 11 is 0. The molecule has 0 amide bonds. The molecule has 0 aliphatic carbocycles. The molecule has 1 atom stereocenters. The van der Waals surface area contributed by atoms with Crippen LogP contribution in [0, 0.1) is 12.3 Å². The van der Waals surface area contributed by atoms with Crippen LogP contribution in [0.15, 0.2) is 0 Å². The van der Waals surface area contributed by atoms with Crippen LogP contribution in [0.4, 0.5) is 0 Å². The Labute approximate surface area is 99.7 Å². The second-order valence-electron chi connectivity index (χ2n) is 4.01. The van der Waals surface area contributed by atoms with Crippen LogP contribution in [0.1, 0.15) is 51.9 Å². The largest absolute Gasteiger partial charge is 0.265 e. The molecule has 0 rings (SSSR count). The summed E-state index contributed by atoms with van der Waals surface area (Å²) in [6, 6.07) is 0. The second kappa shape index (κ2) is 8.60. The summed E-state index contributed by atoms with van der Waals surface area (Å²) in [5.41, 5.74) is 0. The minimum Gasteiger partial charge on any atom is -0.254 e. The molecule has 0 bridgehead atoms. The average Bonchev–Trinajstić information content (AvgIpc) is 2.19. The van der Waals surface area contributed by atoms with Crippen LogP contribution in [0.2, 0.25) is 0 Å². The van der Waals surface area contributed by atoms with Gasteiger partial charge in [0.25, 0.3) is 10.1 Å². The van der Waals surface area contributed by atoms with Gasteiger partial charge in [-0.2, -0.15) is 8.42 Å². The smallest absolute Gasteiger partial charge is 0.254 e. The van der Waals surface area contributed by atoms with Crippen molar-refractivity contribution >= 4 is 10.1 Å². The molecule has 0 radical (unpaired) electrons. The van der Waals surface area contributed by atoms with Crippen LogP contribution >= 0.6 is 0 Å². The van der Waals surface area contributed by atoms with Crippen LogP contribution in [0.5, 0.6) is 0 Å². The van der Waals surface area contributed by atoms with Gasteiger partial charge in [0.15, 0.2) is 0 Å². The van der Waals surface area contributed by atoms with Gasteiger partial charge in [0.05, 0.1) is 6.26 Å². The number of terminal acetylenes is 1. The molecular weight excluding hydrogens is 224 g/mol. The lowest BCUT2D eigenvalue weighted by Crippen LogP contribution is -2.15. The van der Waals surface area contributed by atoms with Crippen molar-refractivity contribution in [3.63, 3.8) is 0 Å². The first-order valence-corrected chi connectivity index (χ1v) is 7.65. The minimum atomic E-state index is -3.43. The molecule has 4 heteroatoms. The Bertz CT molecular complexity index is 301. The number of hydrogen-bond acceptors (Lipinski definition) is 3. The van der Waals surface area contributed by atoms with Gasteiger partial charge in [-0.3, -0.25) is 4.18 Å². The molecule has 1 unspecified atom stereocenters. The third-order valence-corrected chi connectivity index (χ3v) is 2.88. The highest BCUT2D eigenvalue weighted by Gasteiger charge is 2.11. The van der Waals surface area contributed by atoms with E-state index in [2.05, 4.69) is 12.8 Å². The monoisotopic (exact) mass is 246 g/mol. The molecule has 0 N–H and O–H groups in total. The normalized spacial score (nSPS) is 13.3. The maximum atomic E-state index is 10.9. The van der Waals surface area contributed by atoms with Gasteiger partial charge in [-0.25, -0.2) is 0 Å². The topological polar surface area (TPSA) is 43.4 Å². The van der Waals surface area contributed by atoms with E-state index in [1.54, 1.807) is 0 Å². The molecule has 0 aromatic carbocycles.